The maximum absolute atomic E-state index is 9.57. The molecule has 0 saturated heterocycles. The van der Waals surface area contributed by atoms with Crippen molar-refractivity contribution in [2.75, 3.05) is 0 Å². The van der Waals surface area contributed by atoms with Gasteiger partial charge in [0.25, 0.3) is 0 Å². The Balaban J connectivity index is 2.59. The summed E-state index contributed by atoms with van der Waals surface area (Å²) >= 11 is 0. The van der Waals surface area contributed by atoms with E-state index in [4.69, 9.17) is 5.11 Å². The number of pyridine rings is 1. The molecule has 0 radical (unpaired) electrons. The third-order valence-electron chi connectivity index (χ3n) is 2.07. The van der Waals surface area contributed by atoms with E-state index in [0.29, 0.717) is 11.1 Å². The molecular weight excluding hydrogens is 194 g/mol. The quantitative estimate of drug-likeness (QED) is 0.488. The molecule has 0 aliphatic heterocycles. The van der Waals surface area contributed by atoms with E-state index >= 15 is 0 Å². The lowest BCUT2D eigenvalue weighted by atomic mass is 10.1. The van der Waals surface area contributed by atoms with Gasteiger partial charge in [-0.2, -0.15) is 0 Å². The fourth-order valence-electron chi connectivity index (χ4n) is 1.32. The van der Waals surface area contributed by atoms with Crippen molar-refractivity contribution in [3.05, 3.63) is 36.7 Å². The van der Waals surface area contributed by atoms with E-state index in [-0.39, 0.29) is 17.2 Å². The van der Waals surface area contributed by atoms with Gasteiger partial charge in [0.2, 0.25) is 0 Å². The van der Waals surface area contributed by atoms with Crippen LogP contribution in [0.4, 0.5) is 0 Å². The van der Waals surface area contributed by atoms with Crippen molar-refractivity contribution in [1.29, 1.82) is 0 Å². The van der Waals surface area contributed by atoms with Crippen LogP contribution in [-0.2, 0) is 0 Å². The minimum Gasteiger partial charge on any atom is -0.507 e. The van der Waals surface area contributed by atoms with Crippen LogP contribution in [0.25, 0.3) is 11.1 Å². The van der Waals surface area contributed by atoms with Crippen molar-refractivity contribution in [2.24, 2.45) is 0 Å². The topological polar surface area (TPSA) is 73.6 Å². The lowest BCUT2D eigenvalue weighted by Gasteiger charge is -2.06. The predicted octanol–water partition coefficient (Wildman–Crippen LogP) is 1.87. The van der Waals surface area contributed by atoms with Crippen LogP contribution in [0.1, 0.15) is 0 Å². The highest BCUT2D eigenvalue weighted by atomic mass is 16.3. The molecule has 0 unspecified atom stereocenters. The highest BCUT2D eigenvalue weighted by Crippen LogP contribution is 2.37. The molecule has 4 nitrogen and oxygen atoms in total. The molecule has 0 bridgehead atoms. The molecule has 0 amide bonds. The zero-order valence-electron chi connectivity index (χ0n) is 7.75. The van der Waals surface area contributed by atoms with Crippen LogP contribution in [0.3, 0.4) is 0 Å². The summed E-state index contributed by atoms with van der Waals surface area (Å²) < 4.78 is 0. The van der Waals surface area contributed by atoms with E-state index in [1.54, 1.807) is 24.5 Å². The Morgan fingerprint density at radius 1 is 0.933 bits per heavy atom. The van der Waals surface area contributed by atoms with Crippen molar-refractivity contribution >= 4 is 0 Å². The summed E-state index contributed by atoms with van der Waals surface area (Å²) in [5.74, 6) is -0.718. The molecule has 0 spiro atoms. The number of rotatable bonds is 1. The summed E-state index contributed by atoms with van der Waals surface area (Å²) in [7, 11) is 0. The average molecular weight is 203 g/mol. The van der Waals surface area contributed by atoms with Gasteiger partial charge in [-0.25, -0.2) is 0 Å². The number of hydrogen-bond donors (Lipinski definition) is 3. The van der Waals surface area contributed by atoms with Crippen molar-refractivity contribution in [2.45, 2.75) is 0 Å². The molecule has 2 rings (SSSR count). The number of nitrogens with zero attached hydrogens (tertiary/aromatic N) is 1. The van der Waals surface area contributed by atoms with Gasteiger partial charge in [-0.05, 0) is 12.1 Å². The smallest absolute Gasteiger partial charge is 0.161 e. The molecule has 0 atom stereocenters. The van der Waals surface area contributed by atoms with Crippen LogP contribution in [0.2, 0.25) is 0 Å². The number of phenols is 3. The lowest BCUT2D eigenvalue weighted by Crippen LogP contribution is -1.81. The zero-order valence-corrected chi connectivity index (χ0v) is 7.75. The molecule has 1 aromatic carbocycles. The number of phenolic OH excluding ortho intramolecular Hbond substituents is 3. The second-order valence-electron chi connectivity index (χ2n) is 3.10. The Morgan fingerprint density at radius 3 is 2.33 bits per heavy atom. The van der Waals surface area contributed by atoms with Crippen LogP contribution >= 0.6 is 0 Å². The molecule has 0 aliphatic rings. The first-order valence-corrected chi connectivity index (χ1v) is 4.34. The van der Waals surface area contributed by atoms with Gasteiger partial charge in [0.1, 0.15) is 5.75 Å². The van der Waals surface area contributed by atoms with Crippen LogP contribution in [0.15, 0.2) is 36.7 Å². The normalized spacial score (nSPS) is 10.1. The summed E-state index contributed by atoms with van der Waals surface area (Å²) in [6.45, 7) is 0. The van der Waals surface area contributed by atoms with Gasteiger partial charge in [0.05, 0.1) is 0 Å². The number of benzene rings is 1. The summed E-state index contributed by atoms with van der Waals surface area (Å²) in [6.07, 6.45) is 3.17. The monoisotopic (exact) mass is 203 g/mol. The van der Waals surface area contributed by atoms with E-state index < -0.39 is 0 Å². The number of hydrogen-bond acceptors (Lipinski definition) is 4. The zero-order chi connectivity index (χ0) is 10.8. The van der Waals surface area contributed by atoms with Crippen LogP contribution in [-0.4, -0.2) is 20.3 Å². The Bertz CT molecular complexity index is 483. The largest absolute Gasteiger partial charge is 0.507 e. The van der Waals surface area contributed by atoms with Crippen LogP contribution in [0, 0.1) is 0 Å². The minimum atomic E-state index is -0.347. The first-order valence-electron chi connectivity index (χ1n) is 4.34. The molecule has 0 aliphatic carbocycles. The van der Waals surface area contributed by atoms with Gasteiger partial charge in [0.15, 0.2) is 11.5 Å². The number of aromatic hydroxyl groups is 3. The molecule has 0 fully saturated rings. The van der Waals surface area contributed by atoms with Crippen molar-refractivity contribution < 1.29 is 15.3 Å². The van der Waals surface area contributed by atoms with Gasteiger partial charge in [0, 0.05) is 29.6 Å². The van der Waals surface area contributed by atoms with Crippen molar-refractivity contribution in [3.63, 3.8) is 0 Å². The summed E-state index contributed by atoms with van der Waals surface area (Å²) in [6, 6.07) is 5.86. The van der Waals surface area contributed by atoms with E-state index in [0.717, 1.165) is 6.07 Å². The molecule has 4 heteroatoms. The molecular formula is C11H9NO3. The molecule has 3 N–H and O–H groups in total. The summed E-state index contributed by atoms with van der Waals surface area (Å²) in [5.41, 5.74) is 1.10. The Morgan fingerprint density at radius 2 is 1.67 bits per heavy atom. The maximum Gasteiger partial charge on any atom is 0.161 e. The van der Waals surface area contributed by atoms with Crippen LogP contribution < -0.4 is 0 Å². The van der Waals surface area contributed by atoms with E-state index in [1.807, 2.05) is 0 Å². The van der Waals surface area contributed by atoms with E-state index in [2.05, 4.69) is 4.98 Å². The van der Waals surface area contributed by atoms with Crippen molar-refractivity contribution in [3.8, 4) is 28.4 Å². The lowest BCUT2D eigenvalue weighted by molar-refractivity contribution is 0.397. The average Bonchev–Trinajstić information content (AvgIpc) is 2.25. The second-order valence-corrected chi connectivity index (χ2v) is 3.10. The summed E-state index contributed by atoms with van der Waals surface area (Å²) in [4.78, 5) is 3.90. The number of aromatic nitrogens is 1. The SMILES string of the molecule is Oc1cc(O)c(-c2cccnc2)cc1O. The Labute approximate surface area is 86.1 Å². The standard InChI is InChI=1S/C11H9NO3/c13-9-5-11(15)10(14)4-8(9)7-2-1-3-12-6-7/h1-6,13-15H. The van der Waals surface area contributed by atoms with E-state index in [9.17, 15) is 10.2 Å². The minimum absolute atomic E-state index is 0.0988. The summed E-state index contributed by atoms with van der Waals surface area (Å²) in [5, 5.41) is 28.0. The second kappa shape index (κ2) is 3.49. The third-order valence-corrected chi connectivity index (χ3v) is 2.07. The first-order chi connectivity index (χ1) is 7.18. The fraction of sp³-hybridized carbons (Fsp3) is 0. The molecule has 1 aromatic heterocycles. The molecule has 0 saturated carbocycles. The van der Waals surface area contributed by atoms with E-state index in [1.165, 1.54) is 6.07 Å². The maximum atomic E-state index is 9.57. The van der Waals surface area contributed by atoms with Crippen LogP contribution in [0.5, 0.6) is 17.2 Å². The highest BCUT2D eigenvalue weighted by molar-refractivity contribution is 5.72. The molecule has 76 valence electrons. The van der Waals surface area contributed by atoms with Gasteiger partial charge >= 0.3 is 0 Å². The van der Waals surface area contributed by atoms with Gasteiger partial charge in [-0.3, -0.25) is 4.98 Å². The van der Waals surface area contributed by atoms with Gasteiger partial charge < -0.3 is 15.3 Å². The fourth-order valence-corrected chi connectivity index (χ4v) is 1.32. The van der Waals surface area contributed by atoms with Gasteiger partial charge in [-0.15, -0.1) is 0 Å². The molecule has 15 heavy (non-hydrogen) atoms. The Hall–Kier alpha value is -2.23. The third kappa shape index (κ3) is 1.69. The Kier molecular flexibility index (Phi) is 2.17. The van der Waals surface area contributed by atoms with Gasteiger partial charge in [-0.1, -0.05) is 6.07 Å². The van der Waals surface area contributed by atoms with Crippen molar-refractivity contribution in [1.82, 2.24) is 4.98 Å². The molecule has 1 heterocycles. The predicted molar refractivity (Wildman–Crippen MR) is 54.7 cm³/mol. The first kappa shape index (κ1) is 9.33. The highest BCUT2D eigenvalue weighted by Gasteiger charge is 2.09. The molecule has 2 aromatic rings.